The molecular weight excluding hydrogens is 136 g/mol. The van der Waals surface area contributed by atoms with Crippen LogP contribution in [0, 0.1) is 0 Å². The molecule has 3 rings (SSSR count). The monoisotopic (exact) mass is 142 g/mol. The highest BCUT2D eigenvalue weighted by molar-refractivity contribution is 5.62. The van der Waals surface area contributed by atoms with Gasteiger partial charge in [-0.25, -0.2) is 4.99 Å². The zero-order chi connectivity index (χ0) is 7.26. The van der Waals surface area contributed by atoms with Gasteiger partial charge in [0.05, 0.1) is 0 Å². The predicted octanol–water partition coefficient (Wildman–Crippen LogP) is 1.26. The Morgan fingerprint density at radius 1 is 1.36 bits per heavy atom. The molecule has 0 saturated heterocycles. The lowest BCUT2D eigenvalue weighted by molar-refractivity contribution is 1.10. The second kappa shape index (κ2) is 1.53. The van der Waals surface area contributed by atoms with Gasteiger partial charge in [-0.15, -0.1) is 0 Å². The van der Waals surface area contributed by atoms with Gasteiger partial charge < -0.3 is 4.40 Å². The van der Waals surface area contributed by atoms with E-state index in [-0.39, 0.29) is 0 Å². The first-order valence-electron chi connectivity index (χ1n) is 3.59. The second-order valence-electron chi connectivity index (χ2n) is 2.67. The van der Waals surface area contributed by atoms with Crippen LogP contribution >= 0.6 is 0 Å². The Hall–Kier alpha value is -1.57. The third-order valence-electron chi connectivity index (χ3n) is 2.02. The van der Waals surface area contributed by atoms with Crippen LogP contribution in [0.4, 0.5) is 0 Å². The molecule has 0 atom stereocenters. The summed E-state index contributed by atoms with van der Waals surface area (Å²) >= 11 is 0. The van der Waals surface area contributed by atoms with E-state index in [9.17, 15) is 0 Å². The van der Waals surface area contributed by atoms with E-state index >= 15 is 0 Å². The van der Waals surface area contributed by atoms with Crippen LogP contribution in [0.15, 0.2) is 35.6 Å². The lowest BCUT2D eigenvalue weighted by Gasteiger charge is -1.80. The maximum absolute atomic E-state index is 4.24. The maximum atomic E-state index is 4.24. The molecule has 2 nitrogen and oxygen atoms in total. The molecule has 0 spiro atoms. The summed E-state index contributed by atoms with van der Waals surface area (Å²) in [4.78, 5) is 4.24. The van der Waals surface area contributed by atoms with Gasteiger partial charge in [0.15, 0.2) is 0 Å². The second-order valence-corrected chi connectivity index (χ2v) is 2.67. The van der Waals surface area contributed by atoms with Crippen LogP contribution in [0.1, 0.15) is 5.56 Å². The average molecular weight is 142 g/mol. The van der Waals surface area contributed by atoms with Gasteiger partial charge in [-0.1, -0.05) is 0 Å². The summed E-state index contributed by atoms with van der Waals surface area (Å²) < 4.78 is 2.09. The normalized spacial score (nSPS) is 13.8. The summed E-state index contributed by atoms with van der Waals surface area (Å²) in [6.45, 7) is 0. The summed E-state index contributed by atoms with van der Waals surface area (Å²) in [6.07, 6.45) is 5.90. The molecule has 2 aromatic heterocycles. The largest absolute Gasteiger partial charge is 0.301 e. The molecule has 2 aromatic rings. The summed E-state index contributed by atoms with van der Waals surface area (Å²) in [5.74, 6) is 0. The third kappa shape index (κ3) is 0.499. The number of rotatable bonds is 0. The third-order valence-corrected chi connectivity index (χ3v) is 2.02. The molecule has 0 bridgehead atoms. The lowest BCUT2D eigenvalue weighted by atomic mass is 10.3. The fraction of sp³-hybridized carbons (Fsp3) is 0. The number of nitrogens with zero attached hydrogens (tertiary/aromatic N) is 2. The minimum Gasteiger partial charge on any atom is -0.301 e. The fourth-order valence-corrected chi connectivity index (χ4v) is 1.52. The molecule has 0 aromatic carbocycles. The van der Waals surface area contributed by atoms with Crippen molar-refractivity contribution in [3.05, 3.63) is 41.6 Å². The Morgan fingerprint density at radius 3 is 3.36 bits per heavy atom. The van der Waals surface area contributed by atoms with Crippen molar-refractivity contribution in [3.8, 4) is 0 Å². The van der Waals surface area contributed by atoms with Crippen LogP contribution in [0.25, 0.3) is 11.6 Å². The highest BCUT2D eigenvalue weighted by Gasteiger charge is 2.04. The van der Waals surface area contributed by atoms with Gasteiger partial charge in [-0.3, -0.25) is 0 Å². The highest BCUT2D eigenvalue weighted by Crippen LogP contribution is 2.09. The Bertz CT molecular complexity index is 491. The molecule has 0 fully saturated rings. The van der Waals surface area contributed by atoms with Crippen molar-refractivity contribution in [1.29, 1.82) is 0 Å². The van der Waals surface area contributed by atoms with Gasteiger partial charge in [-0.2, -0.15) is 0 Å². The molecule has 52 valence electrons. The minimum atomic E-state index is 1.06. The van der Waals surface area contributed by atoms with Crippen molar-refractivity contribution in [1.82, 2.24) is 4.40 Å². The average Bonchev–Trinajstić information content (AvgIpc) is 2.52. The van der Waals surface area contributed by atoms with E-state index in [1.54, 1.807) is 0 Å². The van der Waals surface area contributed by atoms with Crippen molar-refractivity contribution in [2.75, 3.05) is 0 Å². The van der Waals surface area contributed by atoms with Crippen molar-refractivity contribution < 1.29 is 0 Å². The molecular formula is C9H6N2. The van der Waals surface area contributed by atoms with Gasteiger partial charge in [0.25, 0.3) is 0 Å². The van der Waals surface area contributed by atoms with E-state index in [4.69, 9.17) is 0 Å². The van der Waals surface area contributed by atoms with Crippen molar-refractivity contribution >= 4 is 11.6 Å². The summed E-state index contributed by atoms with van der Waals surface area (Å²) in [5, 5.41) is 0. The van der Waals surface area contributed by atoms with Crippen LogP contribution in [0.5, 0.6) is 0 Å². The quantitative estimate of drug-likeness (QED) is 0.526. The summed E-state index contributed by atoms with van der Waals surface area (Å²) in [6, 6.07) is 6.26. The molecule has 3 heterocycles. The molecule has 0 N–H and O–H groups in total. The number of hydrogen-bond acceptors (Lipinski definition) is 1. The SMILES string of the molecule is C1=Cc2cc3cccn3c2=N1. The Morgan fingerprint density at radius 2 is 2.36 bits per heavy atom. The van der Waals surface area contributed by atoms with Crippen molar-refractivity contribution in [2.45, 2.75) is 0 Å². The molecule has 11 heavy (non-hydrogen) atoms. The first-order valence-corrected chi connectivity index (χ1v) is 3.59. The smallest absolute Gasteiger partial charge is 0.144 e. The van der Waals surface area contributed by atoms with Gasteiger partial charge in [0, 0.05) is 23.5 Å². The number of fused-ring (bicyclic) bond motifs is 3. The van der Waals surface area contributed by atoms with E-state index in [2.05, 4.69) is 21.5 Å². The van der Waals surface area contributed by atoms with Crippen LogP contribution in [-0.4, -0.2) is 4.40 Å². The molecule has 1 aliphatic heterocycles. The molecule has 1 aliphatic rings. The van der Waals surface area contributed by atoms with Gasteiger partial charge >= 0.3 is 0 Å². The Balaban J connectivity index is 2.68. The zero-order valence-corrected chi connectivity index (χ0v) is 5.86. The van der Waals surface area contributed by atoms with Crippen molar-refractivity contribution in [2.24, 2.45) is 4.99 Å². The van der Waals surface area contributed by atoms with E-state index in [0.29, 0.717) is 0 Å². The van der Waals surface area contributed by atoms with Crippen LogP contribution < -0.4 is 5.49 Å². The fourth-order valence-electron chi connectivity index (χ4n) is 1.52. The van der Waals surface area contributed by atoms with Gasteiger partial charge in [-0.05, 0) is 24.3 Å². The van der Waals surface area contributed by atoms with Crippen LogP contribution in [0.2, 0.25) is 0 Å². The standard InChI is InChI=1S/C9H6N2/c1-2-8-6-7-3-4-10-9(7)11(8)5-1/h1-6H. The van der Waals surface area contributed by atoms with Crippen LogP contribution in [-0.2, 0) is 0 Å². The Kier molecular flexibility index (Phi) is 0.714. The first kappa shape index (κ1) is 5.13. The summed E-state index contributed by atoms with van der Waals surface area (Å²) in [5.41, 5.74) is 3.51. The maximum Gasteiger partial charge on any atom is 0.144 e. The predicted molar refractivity (Wildman–Crippen MR) is 43.2 cm³/mol. The summed E-state index contributed by atoms with van der Waals surface area (Å²) in [7, 11) is 0. The van der Waals surface area contributed by atoms with Gasteiger partial charge in [0.1, 0.15) is 5.49 Å². The topological polar surface area (TPSA) is 16.8 Å². The van der Waals surface area contributed by atoms with E-state index in [0.717, 1.165) is 5.49 Å². The van der Waals surface area contributed by atoms with E-state index < -0.39 is 0 Å². The Labute approximate surface area is 63.5 Å². The molecule has 0 aliphatic carbocycles. The first-order chi connectivity index (χ1) is 5.45. The number of aromatic nitrogens is 1. The number of hydrogen-bond donors (Lipinski definition) is 0. The highest BCUT2D eigenvalue weighted by atomic mass is 15.0. The van der Waals surface area contributed by atoms with Crippen molar-refractivity contribution in [3.63, 3.8) is 0 Å². The zero-order valence-electron chi connectivity index (χ0n) is 5.86. The molecule has 0 unspecified atom stereocenters. The molecule has 0 amide bonds. The molecule has 0 radical (unpaired) electrons. The molecule has 2 heteroatoms. The van der Waals surface area contributed by atoms with E-state index in [1.165, 1.54) is 11.1 Å². The molecule has 0 saturated carbocycles. The van der Waals surface area contributed by atoms with Gasteiger partial charge in [0.2, 0.25) is 0 Å². The minimum absolute atomic E-state index is 1.06. The van der Waals surface area contributed by atoms with E-state index in [1.807, 2.05) is 24.5 Å². The van der Waals surface area contributed by atoms with Crippen LogP contribution in [0.3, 0.4) is 0 Å². The lowest BCUT2D eigenvalue weighted by Crippen LogP contribution is -2.06.